The quantitative estimate of drug-likeness (QED) is 0.738. The number of rotatable bonds is 5. The molecule has 0 unspecified atom stereocenters. The molecule has 1 rings (SSSR count). The summed E-state index contributed by atoms with van der Waals surface area (Å²) in [5.74, 6) is 0.757. The van der Waals surface area contributed by atoms with Gasteiger partial charge in [-0.15, -0.1) is 0 Å². The van der Waals surface area contributed by atoms with Crippen LogP contribution in [0, 0.1) is 4.77 Å². The Bertz CT molecular complexity index is 370. The fraction of sp³-hybridized carbons (Fsp3) is 0.778. The van der Waals surface area contributed by atoms with E-state index in [1.54, 1.807) is 7.11 Å². The first-order chi connectivity index (χ1) is 7.03. The molecule has 6 heteroatoms. The molecule has 0 spiro atoms. The highest BCUT2D eigenvalue weighted by atomic mass is 32.1. The monoisotopic (exact) mass is 231 g/mol. The second-order valence-electron chi connectivity index (χ2n) is 4.04. The summed E-state index contributed by atoms with van der Waals surface area (Å²) in [4.78, 5) is 0. The predicted molar refractivity (Wildman–Crippen MR) is 59.4 cm³/mol. The normalized spacial score (nSPS) is 12.0. The van der Waals surface area contributed by atoms with E-state index in [2.05, 4.69) is 10.2 Å². The Labute approximate surface area is 94.1 Å². The first-order valence-electron chi connectivity index (χ1n) is 4.78. The molecule has 1 aromatic rings. The molecule has 1 heterocycles. The van der Waals surface area contributed by atoms with Gasteiger partial charge in [0.05, 0.1) is 19.8 Å². The van der Waals surface area contributed by atoms with E-state index in [4.69, 9.17) is 17.0 Å². The van der Waals surface area contributed by atoms with Crippen LogP contribution in [0.3, 0.4) is 0 Å². The van der Waals surface area contributed by atoms with Crippen molar-refractivity contribution in [3.8, 4) is 0 Å². The smallest absolute Gasteiger partial charge is 0.195 e. The minimum Gasteiger partial charge on any atom is -0.395 e. The van der Waals surface area contributed by atoms with Crippen molar-refractivity contribution in [2.24, 2.45) is 0 Å². The molecule has 0 saturated heterocycles. The van der Waals surface area contributed by atoms with Gasteiger partial charge in [0.15, 0.2) is 4.77 Å². The molecular formula is C9H17N3O2S. The SMILES string of the molecule is COCCn1c(C(C)(C)CO)n[nH]c1=S. The number of hydrogen-bond acceptors (Lipinski definition) is 4. The second-order valence-corrected chi connectivity index (χ2v) is 4.43. The van der Waals surface area contributed by atoms with E-state index in [1.165, 1.54) is 0 Å². The van der Waals surface area contributed by atoms with E-state index in [0.29, 0.717) is 17.9 Å². The molecule has 0 atom stereocenters. The number of aromatic amines is 1. The maximum atomic E-state index is 9.27. The summed E-state index contributed by atoms with van der Waals surface area (Å²) in [6.07, 6.45) is 0. The van der Waals surface area contributed by atoms with Crippen molar-refractivity contribution in [3.05, 3.63) is 10.6 Å². The van der Waals surface area contributed by atoms with E-state index < -0.39 is 5.41 Å². The van der Waals surface area contributed by atoms with Crippen LogP contribution >= 0.6 is 12.2 Å². The highest BCUT2D eigenvalue weighted by Crippen LogP contribution is 2.20. The lowest BCUT2D eigenvalue weighted by Crippen LogP contribution is -2.27. The number of aromatic nitrogens is 3. The van der Waals surface area contributed by atoms with Gasteiger partial charge in [0.25, 0.3) is 0 Å². The van der Waals surface area contributed by atoms with Gasteiger partial charge in [0.2, 0.25) is 0 Å². The van der Waals surface area contributed by atoms with Crippen molar-refractivity contribution in [1.29, 1.82) is 0 Å². The summed E-state index contributed by atoms with van der Waals surface area (Å²) >= 11 is 5.11. The summed E-state index contributed by atoms with van der Waals surface area (Å²) in [6.45, 7) is 5.08. The van der Waals surface area contributed by atoms with E-state index in [0.717, 1.165) is 5.82 Å². The van der Waals surface area contributed by atoms with Crippen LogP contribution in [0.1, 0.15) is 19.7 Å². The summed E-state index contributed by atoms with van der Waals surface area (Å²) in [7, 11) is 1.64. The first kappa shape index (κ1) is 12.4. The molecule has 0 aromatic carbocycles. The Morgan fingerprint density at radius 2 is 2.27 bits per heavy atom. The highest BCUT2D eigenvalue weighted by Gasteiger charge is 2.25. The predicted octanol–water partition coefficient (Wildman–Crippen LogP) is 0.857. The minimum absolute atomic E-state index is 0.0274. The van der Waals surface area contributed by atoms with E-state index in [-0.39, 0.29) is 6.61 Å². The van der Waals surface area contributed by atoms with Gasteiger partial charge in [0, 0.05) is 12.5 Å². The van der Waals surface area contributed by atoms with Gasteiger partial charge in [-0.2, -0.15) is 5.10 Å². The van der Waals surface area contributed by atoms with Crippen molar-refractivity contribution >= 4 is 12.2 Å². The molecular weight excluding hydrogens is 214 g/mol. The Kier molecular flexibility index (Phi) is 4.01. The number of ether oxygens (including phenoxy) is 1. The average molecular weight is 231 g/mol. The molecule has 5 nitrogen and oxygen atoms in total. The zero-order valence-electron chi connectivity index (χ0n) is 9.28. The fourth-order valence-electron chi connectivity index (χ4n) is 1.30. The van der Waals surface area contributed by atoms with Crippen molar-refractivity contribution in [2.45, 2.75) is 25.8 Å². The summed E-state index contributed by atoms with van der Waals surface area (Å²) in [5.41, 5.74) is -0.401. The molecule has 0 fully saturated rings. The van der Waals surface area contributed by atoms with Crippen LogP contribution in [-0.4, -0.2) is 40.2 Å². The Morgan fingerprint density at radius 3 is 2.80 bits per heavy atom. The van der Waals surface area contributed by atoms with Crippen LogP contribution in [0.2, 0.25) is 0 Å². The lowest BCUT2D eigenvalue weighted by Gasteiger charge is -2.21. The molecule has 0 saturated carbocycles. The summed E-state index contributed by atoms with van der Waals surface area (Å²) < 4.78 is 7.42. The zero-order valence-corrected chi connectivity index (χ0v) is 10.1. The number of H-pyrrole nitrogens is 1. The van der Waals surface area contributed by atoms with Crippen LogP contribution < -0.4 is 0 Å². The maximum Gasteiger partial charge on any atom is 0.195 e. The van der Waals surface area contributed by atoms with Crippen LogP contribution in [0.15, 0.2) is 0 Å². The first-order valence-corrected chi connectivity index (χ1v) is 5.19. The van der Waals surface area contributed by atoms with Crippen molar-refractivity contribution in [1.82, 2.24) is 14.8 Å². The summed E-state index contributed by atoms with van der Waals surface area (Å²) in [6, 6.07) is 0. The van der Waals surface area contributed by atoms with E-state index in [9.17, 15) is 5.11 Å². The molecule has 0 aliphatic heterocycles. The summed E-state index contributed by atoms with van der Waals surface area (Å²) in [5, 5.41) is 16.2. The number of methoxy groups -OCH3 is 1. The van der Waals surface area contributed by atoms with Crippen LogP contribution in [-0.2, 0) is 16.7 Å². The van der Waals surface area contributed by atoms with Gasteiger partial charge in [-0.25, -0.2) is 0 Å². The maximum absolute atomic E-state index is 9.27. The average Bonchev–Trinajstić information content (AvgIpc) is 2.57. The van der Waals surface area contributed by atoms with Crippen LogP contribution in [0.4, 0.5) is 0 Å². The van der Waals surface area contributed by atoms with Crippen molar-refractivity contribution < 1.29 is 9.84 Å². The molecule has 0 radical (unpaired) electrons. The third-order valence-electron chi connectivity index (χ3n) is 2.28. The van der Waals surface area contributed by atoms with Crippen molar-refractivity contribution in [2.75, 3.05) is 20.3 Å². The molecule has 0 bridgehead atoms. The molecule has 15 heavy (non-hydrogen) atoms. The standard InChI is InChI=1S/C9H17N3O2S/c1-9(2,6-13)7-10-11-8(15)12(7)4-5-14-3/h13H,4-6H2,1-3H3,(H,11,15). The van der Waals surface area contributed by atoms with E-state index >= 15 is 0 Å². The number of hydrogen-bond donors (Lipinski definition) is 2. The molecule has 2 N–H and O–H groups in total. The Balaban J connectivity index is 3.03. The van der Waals surface area contributed by atoms with Gasteiger partial charge in [-0.3, -0.25) is 5.10 Å². The topological polar surface area (TPSA) is 63.1 Å². The molecule has 0 aliphatic carbocycles. The number of nitrogens with one attached hydrogen (secondary N) is 1. The molecule has 86 valence electrons. The number of aliphatic hydroxyl groups excluding tert-OH is 1. The highest BCUT2D eigenvalue weighted by molar-refractivity contribution is 7.71. The number of nitrogens with zero attached hydrogens (tertiary/aromatic N) is 2. The van der Waals surface area contributed by atoms with E-state index in [1.807, 2.05) is 18.4 Å². The third kappa shape index (κ3) is 2.64. The number of aliphatic hydroxyl groups is 1. The zero-order chi connectivity index (χ0) is 11.5. The van der Waals surface area contributed by atoms with Gasteiger partial charge in [-0.05, 0) is 12.2 Å². The third-order valence-corrected chi connectivity index (χ3v) is 2.59. The van der Waals surface area contributed by atoms with Gasteiger partial charge >= 0.3 is 0 Å². The second kappa shape index (κ2) is 4.87. The Morgan fingerprint density at radius 1 is 1.60 bits per heavy atom. The molecule has 1 aromatic heterocycles. The molecule has 0 amide bonds. The Hall–Kier alpha value is -0.720. The largest absolute Gasteiger partial charge is 0.395 e. The van der Waals surface area contributed by atoms with Gasteiger partial charge in [0.1, 0.15) is 5.82 Å². The molecule has 0 aliphatic rings. The van der Waals surface area contributed by atoms with Crippen LogP contribution in [0.25, 0.3) is 0 Å². The van der Waals surface area contributed by atoms with Gasteiger partial charge in [-0.1, -0.05) is 13.8 Å². The van der Waals surface area contributed by atoms with Gasteiger partial charge < -0.3 is 14.4 Å². The van der Waals surface area contributed by atoms with Crippen LogP contribution in [0.5, 0.6) is 0 Å². The fourth-order valence-corrected chi connectivity index (χ4v) is 1.52. The van der Waals surface area contributed by atoms with Crippen molar-refractivity contribution in [3.63, 3.8) is 0 Å². The minimum atomic E-state index is -0.401. The lowest BCUT2D eigenvalue weighted by atomic mass is 9.94. The lowest BCUT2D eigenvalue weighted by molar-refractivity contribution is 0.177.